The van der Waals surface area contributed by atoms with Gasteiger partial charge < -0.3 is 4.90 Å². The first-order chi connectivity index (χ1) is 8.41. The molecule has 1 heterocycles. The third-order valence-corrected chi connectivity index (χ3v) is 4.29. The molecule has 0 saturated carbocycles. The Labute approximate surface area is 111 Å². The normalized spacial score (nSPS) is 20.4. The van der Waals surface area contributed by atoms with Gasteiger partial charge in [0.2, 0.25) is 5.91 Å². The Hall–Kier alpha value is -1.05. The van der Waals surface area contributed by atoms with Crippen LogP contribution >= 0.6 is 12.6 Å². The lowest BCUT2D eigenvalue weighted by Gasteiger charge is -2.16. The van der Waals surface area contributed by atoms with E-state index in [-0.39, 0.29) is 16.7 Å². The molecule has 1 N–H and O–H groups in total. The van der Waals surface area contributed by atoms with Crippen LogP contribution in [-0.4, -0.2) is 31.2 Å². The van der Waals surface area contributed by atoms with Crippen molar-refractivity contribution < 1.29 is 17.8 Å². The summed E-state index contributed by atoms with van der Waals surface area (Å²) in [5.74, 6) is 0.876. The molecule has 1 aliphatic heterocycles. The molecule has 1 aromatic rings. The van der Waals surface area contributed by atoms with Gasteiger partial charge in [-0.15, -0.1) is 0 Å². The van der Waals surface area contributed by atoms with Crippen LogP contribution in [0, 0.1) is 5.92 Å². The van der Waals surface area contributed by atoms with E-state index in [1.807, 2.05) is 0 Å². The molecule has 1 aromatic carbocycles. The van der Waals surface area contributed by atoms with E-state index in [1.54, 1.807) is 4.90 Å². The van der Waals surface area contributed by atoms with Gasteiger partial charge in [0.15, 0.2) is 0 Å². The number of benzene rings is 1. The van der Waals surface area contributed by atoms with Crippen LogP contribution in [0.4, 0.5) is 5.69 Å². The summed E-state index contributed by atoms with van der Waals surface area (Å²) in [4.78, 5) is 13.2. The molecule has 0 aromatic heterocycles. The fourth-order valence-electron chi connectivity index (χ4n) is 1.95. The monoisotopic (exact) mass is 287 g/mol. The number of anilines is 1. The van der Waals surface area contributed by atoms with E-state index in [0.717, 1.165) is 0 Å². The predicted octanol–water partition coefficient (Wildman–Crippen LogP) is 1.22. The van der Waals surface area contributed by atoms with Crippen molar-refractivity contribution in [1.29, 1.82) is 0 Å². The molecular weight excluding hydrogens is 274 g/mol. The Morgan fingerprint density at radius 3 is 2.39 bits per heavy atom. The Balaban J connectivity index is 2.23. The van der Waals surface area contributed by atoms with Gasteiger partial charge in [-0.05, 0) is 35.9 Å². The number of carbonyl (C=O) groups is 1. The van der Waals surface area contributed by atoms with Gasteiger partial charge in [-0.2, -0.15) is 21.0 Å². The van der Waals surface area contributed by atoms with E-state index in [1.165, 1.54) is 24.3 Å². The van der Waals surface area contributed by atoms with Crippen molar-refractivity contribution in [1.82, 2.24) is 0 Å². The second-order valence-corrected chi connectivity index (χ2v) is 6.01. The summed E-state index contributed by atoms with van der Waals surface area (Å²) >= 11 is 4.17. The second-order valence-electron chi connectivity index (χ2n) is 4.23. The summed E-state index contributed by atoms with van der Waals surface area (Å²) in [6.45, 7) is 0.591. The minimum atomic E-state index is -4.19. The van der Waals surface area contributed by atoms with Crippen molar-refractivity contribution in [3.8, 4) is 0 Å². The number of thiol groups is 1. The molecule has 1 fully saturated rings. The van der Waals surface area contributed by atoms with Crippen LogP contribution < -0.4 is 4.90 Å². The van der Waals surface area contributed by atoms with Gasteiger partial charge in [0.25, 0.3) is 10.1 Å². The van der Waals surface area contributed by atoms with Gasteiger partial charge in [0.1, 0.15) is 0 Å². The average molecular weight is 287 g/mol. The minimum Gasteiger partial charge on any atom is -0.312 e. The van der Waals surface area contributed by atoms with Crippen molar-refractivity contribution in [2.45, 2.75) is 11.3 Å². The van der Waals surface area contributed by atoms with Crippen LogP contribution in [0.15, 0.2) is 29.2 Å². The van der Waals surface area contributed by atoms with E-state index in [2.05, 4.69) is 12.6 Å². The van der Waals surface area contributed by atoms with E-state index < -0.39 is 10.1 Å². The molecule has 7 heteroatoms. The van der Waals surface area contributed by atoms with Crippen LogP contribution in [-0.2, 0) is 14.9 Å². The van der Waals surface area contributed by atoms with Crippen molar-refractivity contribution >= 4 is 34.3 Å². The zero-order valence-corrected chi connectivity index (χ0v) is 11.2. The number of rotatable bonds is 3. The van der Waals surface area contributed by atoms with Crippen LogP contribution in [0.3, 0.4) is 0 Å². The molecule has 98 valence electrons. The van der Waals surface area contributed by atoms with Crippen molar-refractivity contribution in [3.05, 3.63) is 24.3 Å². The Kier molecular flexibility index (Phi) is 3.65. The highest BCUT2D eigenvalue weighted by Gasteiger charge is 2.29. The molecule has 0 bridgehead atoms. The van der Waals surface area contributed by atoms with Crippen LogP contribution in [0.2, 0.25) is 0 Å². The van der Waals surface area contributed by atoms with Gasteiger partial charge in [-0.3, -0.25) is 9.35 Å². The van der Waals surface area contributed by atoms with Gasteiger partial charge in [-0.1, -0.05) is 0 Å². The zero-order chi connectivity index (χ0) is 13.3. The molecule has 18 heavy (non-hydrogen) atoms. The van der Waals surface area contributed by atoms with Crippen LogP contribution in [0.5, 0.6) is 0 Å². The van der Waals surface area contributed by atoms with E-state index >= 15 is 0 Å². The number of carbonyl (C=O) groups excluding carboxylic acids is 1. The highest BCUT2D eigenvalue weighted by molar-refractivity contribution is 7.85. The molecule has 1 saturated heterocycles. The molecule has 0 radical (unpaired) electrons. The number of hydrogen-bond donors (Lipinski definition) is 2. The molecule has 0 aliphatic carbocycles. The third kappa shape index (κ3) is 2.68. The van der Waals surface area contributed by atoms with Gasteiger partial charge in [-0.25, -0.2) is 0 Å². The van der Waals surface area contributed by atoms with Gasteiger partial charge in [0.05, 0.1) is 4.90 Å². The minimum absolute atomic E-state index is 0.00801. The quantitative estimate of drug-likeness (QED) is 0.647. The lowest BCUT2D eigenvalue weighted by Crippen LogP contribution is -2.24. The zero-order valence-electron chi connectivity index (χ0n) is 9.48. The average Bonchev–Trinajstić information content (AvgIpc) is 2.70. The van der Waals surface area contributed by atoms with E-state index in [9.17, 15) is 13.2 Å². The molecule has 1 amide bonds. The Bertz CT molecular complexity index is 553. The lowest BCUT2D eigenvalue weighted by molar-refractivity contribution is -0.117. The maximum absolute atomic E-state index is 11.8. The summed E-state index contributed by atoms with van der Waals surface area (Å²) in [6, 6.07) is 5.60. The summed E-state index contributed by atoms with van der Waals surface area (Å²) < 4.78 is 30.6. The fourth-order valence-corrected chi connectivity index (χ4v) is 2.68. The summed E-state index contributed by atoms with van der Waals surface area (Å²) in [7, 11) is -4.19. The topological polar surface area (TPSA) is 74.7 Å². The van der Waals surface area contributed by atoms with Gasteiger partial charge >= 0.3 is 0 Å². The first kappa shape index (κ1) is 13.4. The maximum atomic E-state index is 11.8. The Morgan fingerprint density at radius 1 is 1.33 bits per heavy atom. The fraction of sp³-hybridized carbons (Fsp3) is 0.364. The molecule has 0 spiro atoms. The number of nitrogens with zero attached hydrogens (tertiary/aromatic N) is 1. The second kappa shape index (κ2) is 4.91. The van der Waals surface area contributed by atoms with E-state index in [4.69, 9.17) is 4.55 Å². The molecular formula is C11H13NO4S2. The van der Waals surface area contributed by atoms with Gasteiger partial charge in [0, 0.05) is 18.7 Å². The summed E-state index contributed by atoms with van der Waals surface area (Å²) in [6.07, 6.45) is 0.462. The van der Waals surface area contributed by atoms with E-state index in [0.29, 0.717) is 24.4 Å². The largest absolute Gasteiger partial charge is 0.312 e. The van der Waals surface area contributed by atoms with Crippen molar-refractivity contribution in [2.24, 2.45) is 5.92 Å². The lowest BCUT2D eigenvalue weighted by atomic mass is 10.1. The SMILES string of the molecule is O=C1CC(CS)CN1c1ccc(S(=O)(=O)O)cc1. The van der Waals surface area contributed by atoms with Crippen molar-refractivity contribution in [2.75, 3.05) is 17.2 Å². The third-order valence-electron chi connectivity index (χ3n) is 2.91. The highest BCUT2D eigenvalue weighted by atomic mass is 32.2. The molecule has 2 rings (SSSR count). The number of hydrogen-bond acceptors (Lipinski definition) is 4. The first-order valence-corrected chi connectivity index (χ1v) is 7.48. The molecule has 1 unspecified atom stereocenters. The van der Waals surface area contributed by atoms with Crippen LogP contribution in [0.25, 0.3) is 0 Å². The smallest absolute Gasteiger partial charge is 0.294 e. The maximum Gasteiger partial charge on any atom is 0.294 e. The van der Waals surface area contributed by atoms with Crippen molar-refractivity contribution in [3.63, 3.8) is 0 Å². The first-order valence-electron chi connectivity index (χ1n) is 5.40. The number of amides is 1. The molecule has 1 atom stereocenters. The summed E-state index contributed by atoms with van der Waals surface area (Å²) in [5, 5.41) is 0. The molecule has 5 nitrogen and oxygen atoms in total. The summed E-state index contributed by atoms with van der Waals surface area (Å²) in [5.41, 5.74) is 0.636. The Morgan fingerprint density at radius 2 is 1.94 bits per heavy atom. The predicted molar refractivity (Wildman–Crippen MR) is 70.6 cm³/mol. The highest BCUT2D eigenvalue weighted by Crippen LogP contribution is 2.26. The standard InChI is InChI=1S/C11H13NO4S2/c13-11-5-8(7-17)6-12(11)9-1-3-10(4-2-9)18(14,15)16/h1-4,8,17H,5-7H2,(H,14,15,16). The molecule has 1 aliphatic rings. The van der Waals surface area contributed by atoms with Crippen LogP contribution in [0.1, 0.15) is 6.42 Å².